The molecule has 0 spiro atoms. The van der Waals surface area contributed by atoms with Crippen LogP contribution < -0.4 is 0 Å². The van der Waals surface area contributed by atoms with Crippen LogP contribution in [0.25, 0.3) is 0 Å². The molecular formula is C22H38O4. The van der Waals surface area contributed by atoms with Crippen molar-refractivity contribution in [2.24, 2.45) is 23.7 Å². The van der Waals surface area contributed by atoms with Crippen LogP contribution in [-0.2, 0) is 19.1 Å². The highest BCUT2D eigenvalue weighted by atomic mass is 16.6. The molecule has 2 saturated carbocycles. The van der Waals surface area contributed by atoms with Gasteiger partial charge in [-0.1, -0.05) is 40.5 Å². The normalized spacial score (nSPS) is 29.6. The molecule has 2 rings (SSSR count). The van der Waals surface area contributed by atoms with Crippen LogP contribution in [0.2, 0.25) is 0 Å². The van der Waals surface area contributed by atoms with E-state index in [2.05, 4.69) is 27.7 Å². The zero-order chi connectivity index (χ0) is 19.1. The van der Waals surface area contributed by atoms with Gasteiger partial charge in [-0.3, -0.25) is 9.59 Å². The Hall–Kier alpha value is -1.06. The van der Waals surface area contributed by atoms with Crippen LogP contribution in [0, 0.1) is 23.7 Å². The van der Waals surface area contributed by atoms with E-state index < -0.39 is 0 Å². The van der Waals surface area contributed by atoms with Crippen LogP contribution in [0.15, 0.2) is 0 Å². The molecular weight excluding hydrogens is 328 g/mol. The number of hydrogen-bond acceptors (Lipinski definition) is 4. The first-order valence-electron chi connectivity index (χ1n) is 10.8. The van der Waals surface area contributed by atoms with Crippen molar-refractivity contribution in [1.82, 2.24) is 0 Å². The molecule has 150 valence electrons. The summed E-state index contributed by atoms with van der Waals surface area (Å²) in [4.78, 5) is 24.4. The van der Waals surface area contributed by atoms with Crippen LogP contribution >= 0.6 is 0 Å². The molecule has 0 heterocycles. The van der Waals surface area contributed by atoms with Gasteiger partial charge in [0, 0.05) is 0 Å². The van der Waals surface area contributed by atoms with E-state index in [1.807, 2.05) is 0 Å². The lowest BCUT2D eigenvalue weighted by Gasteiger charge is -2.34. The van der Waals surface area contributed by atoms with Crippen molar-refractivity contribution in [3.05, 3.63) is 0 Å². The molecule has 0 saturated heterocycles. The summed E-state index contributed by atoms with van der Waals surface area (Å²) in [5.74, 6) is 1.46. The fourth-order valence-electron chi connectivity index (χ4n) is 4.73. The predicted molar refractivity (Wildman–Crippen MR) is 103 cm³/mol. The van der Waals surface area contributed by atoms with Gasteiger partial charge in [0.2, 0.25) is 0 Å². The van der Waals surface area contributed by atoms with Crippen molar-refractivity contribution in [3.63, 3.8) is 0 Å². The van der Waals surface area contributed by atoms with Crippen molar-refractivity contribution < 1.29 is 19.1 Å². The number of carbonyl (C=O) groups excluding carboxylic acids is 2. The predicted octanol–water partition coefficient (Wildman–Crippen LogP) is 5.28. The quantitative estimate of drug-likeness (QED) is 0.575. The first-order valence-corrected chi connectivity index (χ1v) is 10.8. The summed E-state index contributed by atoms with van der Waals surface area (Å²) < 4.78 is 11.4. The molecule has 0 aromatic rings. The Bertz CT molecular complexity index is 415. The van der Waals surface area contributed by atoms with Crippen molar-refractivity contribution in [1.29, 1.82) is 0 Å². The minimum absolute atomic E-state index is 0.0240. The van der Waals surface area contributed by atoms with Crippen LogP contribution in [0.3, 0.4) is 0 Å². The van der Waals surface area contributed by atoms with E-state index in [0.29, 0.717) is 23.7 Å². The maximum absolute atomic E-state index is 12.2. The topological polar surface area (TPSA) is 52.6 Å². The fourth-order valence-corrected chi connectivity index (χ4v) is 4.73. The number of rotatable bonds is 7. The summed E-state index contributed by atoms with van der Waals surface area (Å²) in [6, 6.07) is 0. The zero-order valence-corrected chi connectivity index (χ0v) is 17.2. The Labute approximate surface area is 159 Å². The number of carbonyl (C=O) groups is 2. The number of hydrogen-bond donors (Lipinski definition) is 0. The second kappa shape index (κ2) is 10.3. The van der Waals surface area contributed by atoms with Gasteiger partial charge in [0.25, 0.3) is 0 Å². The van der Waals surface area contributed by atoms with Gasteiger partial charge in [0.15, 0.2) is 0 Å². The number of ether oxygens (including phenoxy) is 2. The molecule has 2 aliphatic rings. The van der Waals surface area contributed by atoms with E-state index in [1.54, 1.807) is 0 Å². The fraction of sp³-hybridized carbons (Fsp3) is 0.909. The molecule has 4 unspecified atom stereocenters. The largest absolute Gasteiger partial charge is 0.462 e. The van der Waals surface area contributed by atoms with Gasteiger partial charge in [-0.25, -0.2) is 0 Å². The molecule has 0 radical (unpaired) electrons. The molecule has 4 nitrogen and oxygen atoms in total. The molecule has 4 atom stereocenters. The van der Waals surface area contributed by atoms with Crippen molar-refractivity contribution in [2.45, 2.75) is 104 Å². The van der Waals surface area contributed by atoms with Crippen LogP contribution in [0.4, 0.5) is 0 Å². The summed E-state index contributed by atoms with van der Waals surface area (Å²) >= 11 is 0. The Morgan fingerprint density at radius 2 is 1.04 bits per heavy atom. The minimum atomic E-state index is -0.247. The summed E-state index contributed by atoms with van der Waals surface area (Å²) in [5.41, 5.74) is 0. The van der Waals surface area contributed by atoms with E-state index in [-0.39, 0.29) is 37.0 Å². The monoisotopic (exact) mass is 366 g/mol. The lowest BCUT2D eigenvalue weighted by Crippen LogP contribution is -2.34. The van der Waals surface area contributed by atoms with Gasteiger partial charge < -0.3 is 9.47 Å². The maximum Gasteiger partial charge on any atom is 0.306 e. The van der Waals surface area contributed by atoms with Gasteiger partial charge in [-0.2, -0.15) is 0 Å². The molecule has 2 fully saturated rings. The smallest absolute Gasteiger partial charge is 0.306 e. The third-order valence-corrected chi connectivity index (χ3v) is 6.32. The lowest BCUT2D eigenvalue weighted by molar-refractivity contribution is -0.161. The molecule has 26 heavy (non-hydrogen) atoms. The summed E-state index contributed by atoms with van der Waals surface area (Å²) in [6.45, 7) is 8.79. The molecule has 0 N–H and O–H groups in total. The summed E-state index contributed by atoms with van der Waals surface area (Å²) in [7, 11) is 0. The Kier molecular flexibility index (Phi) is 8.43. The average molecular weight is 367 g/mol. The average Bonchev–Trinajstić information content (AvgIpc) is 2.60. The maximum atomic E-state index is 12.2. The number of esters is 2. The van der Waals surface area contributed by atoms with Crippen molar-refractivity contribution in [3.8, 4) is 0 Å². The van der Waals surface area contributed by atoms with Gasteiger partial charge in [-0.05, 0) is 62.2 Å². The van der Waals surface area contributed by atoms with E-state index in [4.69, 9.17) is 9.47 Å². The highest BCUT2D eigenvalue weighted by Crippen LogP contribution is 2.33. The van der Waals surface area contributed by atoms with Gasteiger partial charge in [0.05, 0.1) is 12.8 Å². The van der Waals surface area contributed by atoms with Crippen LogP contribution in [-0.4, -0.2) is 24.1 Å². The van der Waals surface area contributed by atoms with Gasteiger partial charge >= 0.3 is 11.9 Å². The van der Waals surface area contributed by atoms with Gasteiger partial charge in [-0.15, -0.1) is 0 Å². The summed E-state index contributed by atoms with van der Waals surface area (Å²) in [6.07, 6.45) is 9.21. The third kappa shape index (κ3) is 6.28. The van der Waals surface area contributed by atoms with E-state index in [1.165, 1.54) is 12.8 Å². The zero-order valence-electron chi connectivity index (χ0n) is 17.2. The second-order valence-corrected chi connectivity index (χ2v) is 8.94. The Balaban J connectivity index is 1.75. The third-order valence-electron chi connectivity index (χ3n) is 6.32. The van der Waals surface area contributed by atoms with Crippen LogP contribution in [0.5, 0.6) is 0 Å². The summed E-state index contributed by atoms with van der Waals surface area (Å²) in [5, 5.41) is 0. The molecule has 2 aliphatic carbocycles. The standard InChI is InChI=1S/C22H38O4/c1-15(2)17-9-5-7-11-19(17)25-21(23)13-14-22(24)26-20-12-8-6-10-18(20)16(3)4/h15-20H,5-14H2,1-4H3. The Morgan fingerprint density at radius 1 is 0.692 bits per heavy atom. The van der Waals surface area contributed by atoms with E-state index in [0.717, 1.165) is 38.5 Å². The van der Waals surface area contributed by atoms with E-state index in [9.17, 15) is 9.59 Å². The lowest BCUT2D eigenvalue weighted by atomic mass is 9.79. The van der Waals surface area contributed by atoms with E-state index >= 15 is 0 Å². The molecule has 0 aliphatic heterocycles. The molecule has 0 aromatic carbocycles. The van der Waals surface area contributed by atoms with Crippen molar-refractivity contribution >= 4 is 11.9 Å². The SMILES string of the molecule is CC(C)C1CCCCC1OC(=O)CCC(=O)OC1CCCCC1C(C)C. The second-order valence-electron chi connectivity index (χ2n) is 8.94. The molecule has 0 amide bonds. The van der Waals surface area contributed by atoms with Gasteiger partial charge in [0.1, 0.15) is 12.2 Å². The van der Waals surface area contributed by atoms with Crippen molar-refractivity contribution in [2.75, 3.05) is 0 Å². The highest BCUT2D eigenvalue weighted by molar-refractivity contribution is 5.77. The van der Waals surface area contributed by atoms with Crippen LogP contribution in [0.1, 0.15) is 91.9 Å². The molecule has 4 heteroatoms. The molecule has 0 aromatic heterocycles. The Morgan fingerprint density at radius 3 is 1.38 bits per heavy atom. The highest BCUT2D eigenvalue weighted by Gasteiger charge is 2.32. The first kappa shape index (κ1) is 21.2. The minimum Gasteiger partial charge on any atom is -0.462 e. The molecule has 0 bridgehead atoms. The first-order chi connectivity index (χ1) is 12.4.